The van der Waals surface area contributed by atoms with E-state index in [-0.39, 0.29) is 18.6 Å². The van der Waals surface area contributed by atoms with Gasteiger partial charge in [-0.2, -0.15) is 0 Å². The molecule has 0 heterocycles. The van der Waals surface area contributed by atoms with Gasteiger partial charge in [-0.1, -0.05) is 73.6 Å². The third kappa shape index (κ3) is 6.13. The van der Waals surface area contributed by atoms with Crippen LogP contribution in [-0.4, -0.2) is 75.5 Å². The van der Waals surface area contributed by atoms with Crippen molar-refractivity contribution in [3.8, 4) is 0 Å². The summed E-state index contributed by atoms with van der Waals surface area (Å²) in [6.45, 7) is 20.1. The number of ether oxygens (including phenoxy) is 1. The van der Waals surface area contributed by atoms with Crippen LogP contribution in [0.3, 0.4) is 0 Å². The van der Waals surface area contributed by atoms with Crippen LogP contribution in [0.1, 0.15) is 105 Å². The van der Waals surface area contributed by atoms with Crippen LogP contribution >= 0.6 is 0 Å². The van der Waals surface area contributed by atoms with E-state index in [1.165, 1.54) is 0 Å². The predicted octanol–water partition coefficient (Wildman–Crippen LogP) is 5.82. The Morgan fingerprint density at radius 2 is 1.53 bits per heavy atom. The molecule has 1 aromatic carbocycles. The van der Waals surface area contributed by atoms with Crippen molar-refractivity contribution < 1.29 is 38.5 Å². The van der Waals surface area contributed by atoms with Gasteiger partial charge in [-0.3, -0.25) is 4.79 Å². The zero-order chi connectivity index (χ0) is 35.8. The molecule has 0 amide bonds. The maximum Gasteiger partial charge on any atom is 0.338 e. The monoisotopic (exact) mass is 688 g/mol. The minimum absolute atomic E-state index is 0.0166. The van der Waals surface area contributed by atoms with E-state index in [0.29, 0.717) is 34.1 Å². The van der Waals surface area contributed by atoms with Gasteiger partial charge in [0.05, 0.1) is 29.3 Å². The van der Waals surface area contributed by atoms with Gasteiger partial charge in [-0.25, -0.2) is 4.79 Å². The van der Waals surface area contributed by atoms with Crippen LogP contribution in [-0.2, 0) is 18.4 Å². The normalized spacial score (nSPS) is 36.7. The van der Waals surface area contributed by atoms with Crippen molar-refractivity contribution in [2.45, 2.75) is 143 Å². The molecule has 0 saturated heterocycles. The molecule has 8 nitrogen and oxygen atoms in total. The summed E-state index contributed by atoms with van der Waals surface area (Å²) >= 11 is 0. The number of aliphatic hydroxyl groups is 3. The van der Waals surface area contributed by atoms with Gasteiger partial charge in [0, 0.05) is 29.1 Å². The van der Waals surface area contributed by atoms with E-state index in [9.17, 15) is 20.1 Å². The molecule has 0 spiro atoms. The van der Waals surface area contributed by atoms with Gasteiger partial charge in [-0.15, -0.1) is 0 Å². The number of hydrogen-bond acceptors (Lipinski definition) is 8. The first kappa shape index (κ1) is 39.6. The Kier molecular flexibility index (Phi) is 12.3. The van der Waals surface area contributed by atoms with Crippen LogP contribution < -0.4 is 0 Å². The number of ketones is 1. The number of benzene rings is 1. The van der Waals surface area contributed by atoms with Gasteiger partial charge in [0.2, 0.25) is 10.1 Å². The molecule has 2 saturated carbocycles. The number of hydrogen-bond donors (Lipinski definition) is 3. The van der Waals surface area contributed by atoms with Crippen molar-refractivity contribution >= 4 is 30.2 Å². The molecule has 1 aromatic rings. The second kappa shape index (κ2) is 14.6. The molecule has 3 aliphatic carbocycles. The summed E-state index contributed by atoms with van der Waals surface area (Å²) in [5.41, 5.74) is -3.14. The van der Waals surface area contributed by atoms with E-state index in [0.717, 1.165) is 23.7 Å². The number of esters is 1. The topological polar surface area (TPSA) is 130 Å². The minimum atomic E-state index is -2.30. The van der Waals surface area contributed by atoms with Gasteiger partial charge in [-0.05, 0) is 74.5 Å². The van der Waals surface area contributed by atoms with Crippen molar-refractivity contribution in [1.82, 2.24) is 0 Å². The first-order valence-corrected chi connectivity index (χ1v) is 20.7. The van der Waals surface area contributed by atoms with Crippen molar-refractivity contribution in [3.63, 3.8) is 0 Å². The van der Waals surface area contributed by atoms with Crippen LogP contribution in [0.25, 0.3) is 0 Å². The lowest BCUT2D eigenvalue weighted by Gasteiger charge is -2.66. The Hall–Kier alpha value is -1.83. The largest absolute Gasteiger partial charge is 0.455 e. The van der Waals surface area contributed by atoms with Crippen LogP contribution in [0.4, 0.5) is 0 Å². The molecule has 2 bridgehead atoms. The quantitative estimate of drug-likeness (QED) is 0.168. The molecular weight excluding hydrogens is 629 g/mol. The molecule has 0 aliphatic heterocycles. The lowest BCUT2D eigenvalue weighted by Crippen LogP contribution is -2.74. The third-order valence-electron chi connectivity index (χ3n) is 13.1. The molecule has 47 heavy (non-hydrogen) atoms. The highest BCUT2D eigenvalue weighted by molar-refractivity contribution is 6.73. The van der Waals surface area contributed by atoms with E-state index >= 15 is 4.79 Å². The maximum atomic E-state index is 15.5. The minimum Gasteiger partial charge on any atom is -0.455 e. The molecule has 3 aliphatic rings. The van der Waals surface area contributed by atoms with Crippen molar-refractivity contribution in [2.75, 3.05) is 0 Å². The summed E-state index contributed by atoms with van der Waals surface area (Å²) in [5, 5.41) is 36.8. The van der Waals surface area contributed by atoms with E-state index < -0.39 is 72.4 Å². The van der Waals surface area contributed by atoms with Crippen molar-refractivity contribution in [1.29, 1.82) is 0 Å². The van der Waals surface area contributed by atoms with E-state index in [2.05, 4.69) is 20.8 Å². The Bertz CT molecular complexity index is 1300. The van der Waals surface area contributed by atoms with E-state index in [1.54, 1.807) is 24.3 Å². The molecule has 1 unspecified atom stereocenters. The van der Waals surface area contributed by atoms with Gasteiger partial charge in [0.25, 0.3) is 0 Å². The molecule has 0 aromatic heterocycles. The molecule has 4 rings (SSSR count). The van der Waals surface area contributed by atoms with Crippen molar-refractivity contribution in [2.24, 2.45) is 28.1 Å². The Balaban J connectivity index is 0.00000294. The molecule has 264 valence electrons. The van der Waals surface area contributed by atoms with Gasteiger partial charge < -0.3 is 28.9 Å². The predicted molar refractivity (Wildman–Crippen MR) is 188 cm³/mol. The number of aliphatic hydroxyl groups excluding tert-OH is 2. The third-order valence-corrected chi connectivity index (χ3v) is 17.8. The van der Waals surface area contributed by atoms with Gasteiger partial charge in [0.15, 0.2) is 8.32 Å². The summed E-state index contributed by atoms with van der Waals surface area (Å²) in [4.78, 5) is 29.5. The van der Waals surface area contributed by atoms with Crippen LogP contribution in [0.2, 0.25) is 18.1 Å². The zero-order valence-corrected chi connectivity index (χ0v) is 32.8. The second-order valence-electron chi connectivity index (χ2n) is 15.1. The molecule has 9 atom stereocenters. The molecule has 2 fully saturated rings. The van der Waals surface area contributed by atoms with Crippen LogP contribution in [0.15, 0.2) is 41.5 Å². The molecular formula is C37H60O8Si2. The number of carbonyl (C=O) groups excluding carboxylic acids is 2. The standard InChI is InChI=1S/C37H58O7Si.H2OSi/c1-11-25-29-23(6)26(38)22-37(42,34(29,7)8)32(43-33(41)24-19-17-16-18-20-24)30-35(9,12-2)27(39)21-28(36(30,10)31(25)40)44-45(13-3,14-4)15-5;1-2/h16-20,25-28,30,32,38-39,42H,11-15,21-22H2,1-10H3;2H2/t25-,26+,27-,28+,30?,32+,35-,36-,37-;/m1./s1. The van der Waals surface area contributed by atoms with E-state index in [4.69, 9.17) is 13.6 Å². The summed E-state index contributed by atoms with van der Waals surface area (Å²) in [5.74, 6) is -2.00. The Morgan fingerprint density at radius 1 is 0.979 bits per heavy atom. The average Bonchev–Trinajstić information content (AvgIpc) is 3.07. The fraction of sp³-hybridized carbons (Fsp3) is 0.730. The van der Waals surface area contributed by atoms with Crippen molar-refractivity contribution in [3.05, 3.63) is 47.0 Å². The summed E-state index contributed by atoms with van der Waals surface area (Å²) in [6, 6.07) is 11.3. The molecule has 10 heteroatoms. The van der Waals surface area contributed by atoms with E-state index in [1.807, 2.05) is 54.5 Å². The van der Waals surface area contributed by atoms with Crippen LogP contribution in [0.5, 0.6) is 0 Å². The Labute approximate surface area is 286 Å². The zero-order valence-electron chi connectivity index (χ0n) is 30.4. The summed E-state index contributed by atoms with van der Waals surface area (Å²) in [6.07, 6.45) is -2.53. The van der Waals surface area contributed by atoms with Gasteiger partial charge >= 0.3 is 5.97 Å². The van der Waals surface area contributed by atoms with Crippen LogP contribution in [0, 0.1) is 28.1 Å². The maximum absolute atomic E-state index is 15.5. The fourth-order valence-corrected chi connectivity index (χ4v) is 12.5. The lowest BCUT2D eigenvalue weighted by molar-refractivity contribution is -0.254. The Morgan fingerprint density at radius 3 is 2.02 bits per heavy atom. The summed E-state index contributed by atoms with van der Waals surface area (Å²) in [7, 11) is -1.69. The number of Topliss-reactive ketones (excluding diaryl/α,β-unsaturated/α-hetero) is 1. The first-order chi connectivity index (χ1) is 22.0. The fourth-order valence-electron chi connectivity index (χ4n) is 9.60. The number of carbonyl (C=O) groups is 2. The number of fused-ring (bicyclic) bond motifs is 3. The average molecular weight is 689 g/mol. The SMILES string of the molecule is CC[C@H]1C(=O)[C@@]2(C)C([C@H](OC(=O)c3ccccc3)[C@]3(O)C[C@H](O)C(C)=C1C3(C)C)[C@](C)(CC)[C@H](O)C[C@@H]2O[Si](CC)(CC)CC.O=[SiH2]. The van der Waals surface area contributed by atoms with Gasteiger partial charge in [0.1, 0.15) is 17.5 Å². The molecule has 0 radical (unpaired) electrons. The number of rotatable bonds is 9. The summed E-state index contributed by atoms with van der Waals surface area (Å²) < 4.78 is 22.1. The highest BCUT2D eigenvalue weighted by Gasteiger charge is 2.73. The smallest absolute Gasteiger partial charge is 0.338 e. The highest BCUT2D eigenvalue weighted by Crippen LogP contribution is 2.65. The second-order valence-corrected chi connectivity index (χ2v) is 19.8. The highest BCUT2D eigenvalue weighted by atomic mass is 28.4. The molecule has 3 N–H and O–H groups in total. The first-order valence-electron chi connectivity index (χ1n) is 17.6. The lowest BCUT2D eigenvalue weighted by atomic mass is 9.42.